The van der Waals surface area contributed by atoms with E-state index in [0.717, 1.165) is 10.7 Å². The van der Waals surface area contributed by atoms with E-state index in [1.165, 1.54) is 0 Å². The van der Waals surface area contributed by atoms with Crippen LogP contribution < -0.4 is 0 Å². The molecule has 1 aliphatic heterocycles. The number of hydrogen-bond acceptors (Lipinski definition) is 4. The van der Waals surface area contributed by atoms with Gasteiger partial charge < -0.3 is 9.64 Å². The minimum Gasteiger partial charge on any atom is -0.372 e. The predicted octanol–water partition coefficient (Wildman–Crippen LogP) is 1.57. The molecular formula is C13H17N3O2S. The maximum atomic E-state index is 12.3. The molecule has 5 nitrogen and oxygen atoms in total. The lowest BCUT2D eigenvalue weighted by Gasteiger charge is -2.35. The third-order valence-electron chi connectivity index (χ3n) is 3.25. The smallest absolute Gasteiger partial charge is 0.228 e. The van der Waals surface area contributed by atoms with Gasteiger partial charge in [-0.05, 0) is 13.8 Å². The number of thiazole rings is 1. The summed E-state index contributed by atoms with van der Waals surface area (Å²) in [5.41, 5.74) is 0.837. The Bertz CT molecular complexity index is 553. The number of ether oxygens (including phenoxy) is 1. The van der Waals surface area contributed by atoms with Crippen LogP contribution in [0.25, 0.3) is 4.96 Å². The Morgan fingerprint density at radius 3 is 2.89 bits per heavy atom. The fourth-order valence-corrected chi connectivity index (χ4v) is 3.23. The Labute approximate surface area is 115 Å². The Morgan fingerprint density at radius 1 is 1.47 bits per heavy atom. The zero-order valence-corrected chi connectivity index (χ0v) is 11.9. The standard InChI is InChI=1S/C13H17N3O2S/c1-9-6-16(7-10(2)18-9)12(17)5-11-8-15-3-4-19-13(15)14-11/h3-4,8-10H,5-7H2,1-2H3/t9-,10+. The van der Waals surface area contributed by atoms with Crippen LogP contribution >= 0.6 is 11.3 Å². The Kier molecular flexibility index (Phi) is 3.28. The van der Waals surface area contributed by atoms with Crippen molar-refractivity contribution in [2.45, 2.75) is 32.5 Å². The molecule has 0 aliphatic carbocycles. The third kappa shape index (κ3) is 2.64. The van der Waals surface area contributed by atoms with Gasteiger partial charge in [0.05, 0.1) is 24.3 Å². The molecule has 2 aromatic heterocycles. The van der Waals surface area contributed by atoms with Crippen molar-refractivity contribution in [3.8, 4) is 0 Å². The summed E-state index contributed by atoms with van der Waals surface area (Å²) < 4.78 is 7.60. The average molecular weight is 279 g/mol. The first kappa shape index (κ1) is 12.6. The zero-order valence-electron chi connectivity index (χ0n) is 11.1. The second-order valence-corrected chi connectivity index (χ2v) is 5.93. The molecule has 0 spiro atoms. The summed E-state index contributed by atoms with van der Waals surface area (Å²) in [6.45, 7) is 5.35. The van der Waals surface area contributed by atoms with Gasteiger partial charge in [-0.25, -0.2) is 4.98 Å². The van der Waals surface area contributed by atoms with Crippen molar-refractivity contribution >= 4 is 22.2 Å². The molecule has 2 aromatic rings. The molecule has 0 N–H and O–H groups in total. The first-order valence-electron chi connectivity index (χ1n) is 6.46. The van der Waals surface area contributed by atoms with Crippen molar-refractivity contribution in [2.24, 2.45) is 0 Å². The molecule has 1 aliphatic rings. The van der Waals surface area contributed by atoms with Gasteiger partial charge in [0.25, 0.3) is 0 Å². The van der Waals surface area contributed by atoms with Gasteiger partial charge in [-0.15, -0.1) is 11.3 Å². The van der Waals surface area contributed by atoms with Gasteiger partial charge in [-0.3, -0.25) is 9.20 Å². The lowest BCUT2D eigenvalue weighted by Crippen LogP contribution is -2.48. The van der Waals surface area contributed by atoms with Gasteiger partial charge in [0.2, 0.25) is 5.91 Å². The number of aromatic nitrogens is 2. The molecule has 0 bridgehead atoms. The average Bonchev–Trinajstić information content (AvgIpc) is 2.88. The number of fused-ring (bicyclic) bond motifs is 1. The highest BCUT2D eigenvalue weighted by Gasteiger charge is 2.26. The number of morpholine rings is 1. The van der Waals surface area contributed by atoms with Gasteiger partial charge in [0.15, 0.2) is 4.96 Å². The van der Waals surface area contributed by atoms with E-state index >= 15 is 0 Å². The van der Waals surface area contributed by atoms with Gasteiger partial charge in [0, 0.05) is 30.9 Å². The summed E-state index contributed by atoms with van der Waals surface area (Å²) in [5.74, 6) is 0.132. The SMILES string of the molecule is C[C@@H]1CN(C(=O)Cc2cn3ccsc3n2)C[C@H](C)O1. The molecule has 102 valence electrons. The highest BCUT2D eigenvalue weighted by molar-refractivity contribution is 7.15. The number of carbonyl (C=O) groups excluding carboxylic acids is 1. The second kappa shape index (κ2) is 4.94. The van der Waals surface area contributed by atoms with Crippen LogP contribution in [0.5, 0.6) is 0 Å². The molecule has 0 radical (unpaired) electrons. The normalized spacial score (nSPS) is 24.0. The number of imidazole rings is 1. The summed E-state index contributed by atoms with van der Waals surface area (Å²) in [7, 11) is 0. The molecule has 2 atom stereocenters. The third-order valence-corrected chi connectivity index (χ3v) is 4.02. The zero-order chi connectivity index (χ0) is 13.4. The Morgan fingerprint density at radius 2 is 2.21 bits per heavy atom. The molecule has 0 unspecified atom stereocenters. The lowest BCUT2D eigenvalue weighted by atomic mass is 10.2. The summed E-state index contributed by atoms with van der Waals surface area (Å²) in [5, 5.41) is 1.99. The highest BCUT2D eigenvalue weighted by Crippen LogP contribution is 2.15. The number of hydrogen-bond donors (Lipinski definition) is 0. The highest BCUT2D eigenvalue weighted by atomic mass is 32.1. The van der Waals surface area contributed by atoms with E-state index < -0.39 is 0 Å². The number of nitrogens with zero attached hydrogens (tertiary/aromatic N) is 3. The van der Waals surface area contributed by atoms with Crippen LogP contribution in [0.15, 0.2) is 17.8 Å². The Hall–Kier alpha value is -1.40. The van der Waals surface area contributed by atoms with E-state index in [2.05, 4.69) is 4.98 Å². The maximum absolute atomic E-state index is 12.3. The second-order valence-electron chi connectivity index (χ2n) is 5.06. The van der Waals surface area contributed by atoms with Crippen LogP contribution in [-0.2, 0) is 16.0 Å². The molecule has 6 heteroatoms. The van der Waals surface area contributed by atoms with E-state index in [1.807, 2.05) is 40.9 Å². The van der Waals surface area contributed by atoms with Gasteiger partial charge in [0.1, 0.15) is 0 Å². The molecule has 1 amide bonds. The van der Waals surface area contributed by atoms with Crippen molar-refractivity contribution in [2.75, 3.05) is 13.1 Å². The fraction of sp³-hybridized carbons (Fsp3) is 0.538. The largest absolute Gasteiger partial charge is 0.372 e. The minimum absolute atomic E-state index is 0.109. The molecule has 1 saturated heterocycles. The van der Waals surface area contributed by atoms with Crippen LogP contribution in [0, 0.1) is 0 Å². The number of amides is 1. The van der Waals surface area contributed by atoms with Crippen molar-refractivity contribution < 1.29 is 9.53 Å². The molecule has 1 fully saturated rings. The molecule has 3 rings (SSSR count). The molecule has 3 heterocycles. The quantitative estimate of drug-likeness (QED) is 0.838. The summed E-state index contributed by atoms with van der Waals surface area (Å²) >= 11 is 1.58. The topological polar surface area (TPSA) is 46.8 Å². The fourth-order valence-electron chi connectivity index (χ4n) is 2.51. The monoisotopic (exact) mass is 279 g/mol. The molecular weight excluding hydrogens is 262 g/mol. The lowest BCUT2D eigenvalue weighted by molar-refractivity contribution is -0.142. The van der Waals surface area contributed by atoms with Crippen molar-refractivity contribution in [1.82, 2.24) is 14.3 Å². The first-order chi connectivity index (χ1) is 9.11. The number of carbonyl (C=O) groups is 1. The van der Waals surface area contributed by atoms with Crippen molar-refractivity contribution in [3.05, 3.63) is 23.5 Å². The van der Waals surface area contributed by atoms with Crippen LogP contribution in [0.3, 0.4) is 0 Å². The maximum Gasteiger partial charge on any atom is 0.228 e. The summed E-state index contributed by atoms with van der Waals surface area (Å²) in [4.78, 5) is 19.5. The summed E-state index contributed by atoms with van der Waals surface area (Å²) in [6.07, 6.45) is 4.47. The van der Waals surface area contributed by atoms with Crippen molar-refractivity contribution in [3.63, 3.8) is 0 Å². The van der Waals surface area contributed by atoms with E-state index in [1.54, 1.807) is 11.3 Å². The Balaban J connectivity index is 1.69. The van der Waals surface area contributed by atoms with Crippen LogP contribution in [0.2, 0.25) is 0 Å². The van der Waals surface area contributed by atoms with Gasteiger partial charge in [-0.2, -0.15) is 0 Å². The summed E-state index contributed by atoms with van der Waals surface area (Å²) in [6, 6.07) is 0. The first-order valence-corrected chi connectivity index (χ1v) is 7.34. The van der Waals surface area contributed by atoms with E-state index in [4.69, 9.17) is 4.74 Å². The van der Waals surface area contributed by atoms with E-state index in [-0.39, 0.29) is 18.1 Å². The van der Waals surface area contributed by atoms with Gasteiger partial charge >= 0.3 is 0 Å². The molecule has 0 saturated carbocycles. The van der Waals surface area contributed by atoms with Crippen LogP contribution in [-0.4, -0.2) is 45.5 Å². The molecule has 19 heavy (non-hydrogen) atoms. The van der Waals surface area contributed by atoms with E-state index in [9.17, 15) is 4.79 Å². The van der Waals surface area contributed by atoms with E-state index in [0.29, 0.717) is 19.5 Å². The number of rotatable bonds is 2. The van der Waals surface area contributed by atoms with Gasteiger partial charge in [-0.1, -0.05) is 0 Å². The van der Waals surface area contributed by atoms with Crippen LogP contribution in [0.4, 0.5) is 0 Å². The molecule has 0 aromatic carbocycles. The minimum atomic E-state index is 0.109. The van der Waals surface area contributed by atoms with Crippen molar-refractivity contribution in [1.29, 1.82) is 0 Å². The predicted molar refractivity (Wildman–Crippen MR) is 73.4 cm³/mol. The van der Waals surface area contributed by atoms with Crippen LogP contribution in [0.1, 0.15) is 19.5 Å².